The molecule has 2 aromatic rings. The molecule has 18 heavy (non-hydrogen) atoms. The standard InChI is InChI=1S/C15H18N2O/c1-12-4-2-6-14(16)15(12)18-11-3-5-13-7-9-17-10-8-13/h2,4,6-10H,3,5,11,16H2,1H3. The third kappa shape index (κ3) is 3.23. The number of para-hydroxylation sites is 1. The Morgan fingerprint density at radius 2 is 1.94 bits per heavy atom. The molecule has 0 saturated carbocycles. The van der Waals surface area contributed by atoms with E-state index >= 15 is 0 Å². The van der Waals surface area contributed by atoms with Crippen LogP contribution in [0.3, 0.4) is 0 Å². The summed E-state index contributed by atoms with van der Waals surface area (Å²) in [7, 11) is 0. The van der Waals surface area contributed by atoms with Crippen LogP contribution in [0.15, 0.2) is 42.7 Å². The Bertz CT molecular complexity index is 477. The molecule has 0 spiro atoms. The molecule has 1 aromatic heterocycles. The van der Waals surface area contributed by atoms with Gasteiger partial charge in [-0.05, 0) is 49.1 Å². The van der Waals surface area contributed by atoms with Crippen LogP contribution in [0.2, 0.25) is 0 Å². The van der Waals surface area contributed by atoms with Crippen LogP contribution >= 0.6 is 0 Å². The molecule has 0 bridgehead atoms. The summed E-state index contributed by atoms with van der Waals surface area (Å²) >= 11 is 0. The van der Waals surface area contributed by atoms with Gasteiger partial charge in [0.2, 0.25) is 0 Å². The SMILES string of the molecule is Cc1cccc(N)c1OCCCc1ccncc1. The van der Waals surface area contributed by atoms with Crippen molar-refractivity contribution in [3.05, 3.63) is 53.9 Å². The Morgan fingerprint density at radius 1 is 1.17 bits per heavy atom. The lowest BCUT2D eigenvalue weighted by molar-refractivity contribution is 0.310. The van der Waals surface area contributed by atoms with Crippen molar-refractivity contribution < 1.29 is 4.74 Å². The van der Waals surface area contributed by atoms with Gasteiger partial charge in [-0.2, -0.15) is 0 Å². The summed E-state index contributed by atoms with van der Waals surface area (Å²) in [5.74, 6) is 0.812. The van der Waals surface area contributed by atoms with Crippen molar-refractivity contribution >= 4 is 5.69 Å². The average molecular weight is 242 g/mol. The number of nitrogens with zero attached hydrogens (tertiary/aromatic N) is 1. The number of nitrogen functional groups attached to an aromatic ring is 1. The summed E-state index contributed by atoms with van der Waals surface area (Å²) in [6.45, 7) is 2.69. The van der Waals surface area contributed by atoms with Crippen molar-refractivity contribution in [2.24, 2.45) is 0 Å². The quantitative estimate of drug-likeness (QED) is 0.647. The molecule has 0 amide bonds. The minimum absolute atomic E-state index is 0.678. The highest BCUT2D eigenvalue weighted by Gasteiger charge is 2.03. The lowest BCUT2D eigenvalue weighted by Crippen LogP contribution is -2.03. The van der Waals surface area contributed by atoms with Gasteiger partial charge in [-0.3, -0.25) is 4.98 Å². The van der Waals surface area contributed by atoms with E-state index in [0.717, 1.165) is 24.2 Å². The lowest BCUT2D eigenvalue weighted by atomic mass is 10.1. The van der Waals surface area contributed by atoms with Gasteiger partial charge < -0.3 is 10.5 Å². The summed E-state index contributed by atoms with van der Waals surface area (Å²) in [5.41, 5.74) is 8.95. The van der Waals surface area contributed by atoms with Gasteiger partial charge in [0.1, 0.15) is 5.75 Å². The summed E-state index contributed by atoms with van der Waals surface area (Å²) in [5, 5.41) is 0. The molecule has 1 aromatic carbocycles. The van der Waals surface area contributed by atoms with E-state index in [2.05, 4.69) is 4.98 Å². The van der Waals surface area contributed by atoms with Crippen molar-refractivity contribution in [3.8, 4) is 5.75 Å². The highest BCUT2D eigenvalue weighted by Crippen LogP contribution is 2.25. The maximum Gasteiger partial charge on any atom is 0.145 e. The molecule has 0 saturated heterocycles. The van der Waals surface area contributed by atoms with E-state index in [-0.39, 0.29) is 0 Å². The zero-order valence-corrected chi connectivity index (χ0v) is 10.6. The summed E-state index contributed by atoms with van der Waals surface area (Å²) in [4.78, 5) is 4.00. The minimum Gasteiger partial charge on any atom is -0.491 e. The molecule has 3 nitrogen and oxygen atoms in total. The van der Waals surface area contributed by atoms with Crippen LogP contribution < -0.4 is 10.5 Å². The average Bonchev–Trinajstić information content (AvgIpc) is 2.38. The molecule has 0 aliphatic rings. The normalized spacial score (nSPS) is 10.3. The van der Waals surface area contributed by atoms with Gasteiger partial charge in [0.25, 0.3) is 0 Å². The topological polar surface area (TPSA) is 48.1 Å². The summed E-state index contributed by atoms with van der Waals surface area (Å²) in [6.07, 6.45) is 5.59. The van der Waals surface area contributed by atoms with Gasteiger partial charge in [-0.25, -0.2) is 0 Å². The molecule has 0 fully saturated rings. The highest BCUT2D eigenvalue weighted by molar-refractivity contribution is 5.56. The highest BCUT2D eigenvalue weighted by atomic mass is 16.5. The second-order valence-electron chi connectivity index (χ2n) is 4.30. The first-order chi connectivity index (χ1) is 8.77. The van der Waals surface area contributed by atoms with Crippen LogP contribution in [0.25, 0.3) is 0 Å². The van der Waals surface area contributed by atoms with Crippen molar-refractivity contribution in [2.75, 3.05) is 12.3 Å². The van der Waals surface area contributed by atoms with Gasteiger partial charge >= 0.3 is 0 Å². The maximum absolute atomic E-state index is 5.88. The monoisotopic (exact) mass is 242 g/mol. The van der Waals surface area contributed by atoms with Crippen molar-refractivity contribution in [3.63, 3.8) is 0 Å². The van der Waals surface area contributed by atoms with Crippen LogP contribution in [0.4, 0.5) is 5.69 Å². The second kappa shape index (κ2) is 6.05. The molecule has 0 unspecified atom stereocenters. The van der Waals surface area contributed by atoms with E-state index in [9.17, 15) is 0 Å². The van der Waals surface area contributed by atoms with Crippen LogP contribution in [0, 0.1) is 6.92 Å². The van der Waals surface area contributed by atoms with E-state index in [1.54, 1.807) is 0 Å². The third-order valence-corrected chi connectivity index (χ3v) is 2.85. The number of hydrogen-bond donors (Lipinski definition) is 1. The predicted octanol–water partition coefficient (Wildman–Crippen LogP) is 2.98. The molecule has 2 N–H and O–H groups in total. The fourth-order valence-electron chi connectivity index (χ4n) is 1.87. The van der Waals surface area contributed by atoms with Crippen LogP contribution in [-0.2, 0) is 6.42 Å². The number of aryl methyl sites for hydroxylation is 2. The number of aromatic nitrogens is 1. The van der Waals surface area contributed by atoms with E-state index in [1.807, 2.05) is 49.6 Å². The van der Waals surface area contributed by atoms with Gasteiger partial charge in [-0.1, -0.05) is 12.1 Å². The molecule has 3 heteroatoms. The Hall–Kier alpha value is -2.03. The van der Waals surface area contributed by atoms with E-state index < -0.39 is 0 Å². The first-order valence-corrected chi connectivity index (χ1v) is 6.14. The largest absolute Gasteiger partial charge is 0.491 e. The number of ether oxygens (including phenoxy) is 1. The van der Waals surface area contributed by atoms with Gasteiger partial charge in [0.05, 0.1) is 12.3 Å². The number of benzene rings is 1. The smallest absolute Gasteiger partial charge is 0.145 e. The van der Waals surface area contributed by atoms with E-state index in [1.165, 1.54) is 5.56 Å². The summed E-state index contributed by atoms with van der Waals surface area (Å²) < 4.78 is 5.75. The maximum atomic E-state index is 5.88. The van der Waals surface area contributed by atoms with Crippen LogP contribution in [-0.4, -0.2) is 11.6 Å². The number of nitrogens with two attached hydrogens (primary N) is 1. The fourth-order valence-corrected chi connectivity index (χ4v) is 1.87. The number of rotatable bonds is 5. The number of hydrogen-bond acceptors (Lipinski definition) is 3. The van der Waals surface area contributed by atoms with Crippen LogP contribution in [0.1, 0.15) is 17.5 Å². The van der Waals surface area contributed by atoms with Crippen molar-refractivity contribution in [1.82, 2.24) is 4.98 Å². The van der Waals surface area contributed by atoms with E-state index in [0.29, 0.717) is 12.3 Å². The Morgan fingerprint density at radius 3 is 2.67 bits per heavy atom. The molecule has 0 atom stereocenters. The molecule has 2 rings (SSSR count). The molecular weight excluding hydrogens is 224 g/mol. The van der Waals surface area contributed by atoms with Gasteiger partial charge in [-0.15, -0.1) is 0 Å². The molecule has 94 valence electrons. The zero-order valence-electron chi connectivity index (χ0n) is 10.6. The van der Waals surface area contributed by atoms with Crippen molar-refractivity contribution in [2.45, 2.75) is 19.8 Å². The Labute approximate surface area is 108 Å². The van der Waals surface area contributed by atoms with Gasteiger partial charge in [0, 0.05) is 12.4 Å². The Balaban J connectivity index is 1.82. The number of anilines is 1. The molecule has 0 aliphatic heterocycles. The molecule has 0 aliphatic carbocycles. The first-order valence-electron chi connectivity index (χ1n) is 6.14. The predicted molar refractivity (Wildman–Crippen MR) is 73.6 cm³/mol. The second-order valence-corrected chi connectivity index (χ2v) is 4.30. The van der Waals surface area contributed by atoms with E-state index in [4.69, 9.17) is 10.5 Å². The molecule has 1 heterocycles. The lowest BCUT2D eigenvalue weighted by Gasteiger charge is -2.11. The fraction of sp³-hybridized carbons (Fsp3) is 0.267. The molecule has 0 radical (unpaired) electrons. The minimum atomic E-state index is 0.678. The van der Waals surface area contributed by atoms with Crippen LogP contribution in [0.5, 0.6) is 5.75 Å². The summed E-state index contributed by atoms with van der Waals surface area (Å²) in [6, 6.07) is 9.87. The van der Waals surface area contributed by atoms with Crippen molar-refractivity contribution in [1.29, 1.82) is 0 Å². The number of pyridine rings is 1. The van der Waals surface area contributed by atoms with Gasteiger partial charge in [0.15, 0.2) is 0 Å². The zero-order chi connectivity index (χ0) is 12.8. The molecular formula is C15H18N2O. The third-order valence-electron chi connectivity index (χ3n) is 2.85. The first kappa shape index (κ1) is 12.4. The Kier molecular flexibility index (Phi) is 4.18.